The van der Waals surface area contributed by atoms with Crippen LogP contribution in [0.1, 0.15) is 38.8 Å². The van der Waals surface area contributed by atoms with E-state index in [4.69, 9.17) is 0 Å². The van der Waals surface area contributed by atoms with Gasteiger partial charge in [0.1, 0.15) is 0 Å². The second-order valence-corrected chi connectivity index (χ2v) is 13.3. The molecule has 29 heavy (non-hydrogen) atoms. The van der Waals surface area contributed by atoms with Gasteiger partial charge < -0.3 is 37.2 Å². The average Bonchev–Trinajstić information content (AvgIpc) is 2.80. The molecule has 5 heteroatoms. The Balaban J connectivity index is 0.00000261. The number of aryl methyl sites for hydroxylation is 2. The summed E-state index contributed by atoms with van der Waals surface area (Å²) in [5, 5.41) is 3.20. The maximum atomic E-state index is 2.59. The van der Waals surface area contributed by atoms with Crippen LogP contribution in [0.15, 0.2) is 69.1 Å². The molecule has 0 aromatic heterocycles. The number of hydrogen-bond donors (Lipinski definition) is 0. The molecule has 0 amide bonds. The van der Waals surface area contributed by atoms with Gasteiger partial charge in [0.2, 0.25) is 0 Å². The molecule has 0 radical (unpaired) electrons. The number of rotatable bonds is 3. The van der Waals surface area contributed by atoms with Crippen LogP contribution in [-0.2, 0) is 20.4 Å². The van der Waals surface area contributed by atoms with Crippen molar-refractivity contribution in [2.24, 2.45) is 0 Å². The molecule has 3 rings (SSSR count). The van der Waals surface area contributed by atoms with E-state index in [1.165, 1.54) is 27.5 Å². The fourth-order valence-electron chi connectivity index (χ4n) is 4.79. The third-order valence-electron chi connectivity index (χ3n) is 7.03. The minimum atomic E-state index is -2.09. The Morgan fingerprint density at radius 3 is 1.83 bits per heavy atom. The normalized spacial score (nSPS) is 20.4. The smallest absolute Gasteiger partial charge is 1.00 e. The molecule has 0 saturated carbocycles. The van der Waals surface area contributed by atoms with E-state index in [1.807, 2.05) is 0 Å². The Morgan fingerprint density at radius 2 is 1.34 bits per heavy atom. The molecule has 0 N–H and O–H groups in total. The van der Waals surface area contributed by atoms with Gasteiger partial charge in [-0.15, -0.1) is 0 Å². The van der Waals surface area contributed by atoms with Crippen LogP contribution < -0.4 is 47.6 Å². The molecule has 0 saturated heterocycles. The Kier molecular flexibility index (Phi) is 10.3. The number of hydrogen-bond acceptors (Lipinski definition) is 0. The van der Waals surface area contributed by atoms with Gasteiger partial charge in [-0.05, 0) is 0 Å². The van der Waals surface area contributed by atoms with Gasteiger partial charge in [-0.2, -0.15) is 0 Å². The summed E-state index contributed by atoms with van der Waals surface area (Å²) >= 11 is 2.37. The van der Waals surface area contributed by atoms with Gasteiger partial charge in [0.15, 0.2) is 0 Å². The monoisotopic (exact) mass is 498 g/mol. The van der Waals surface area contributed by atoms with Gasteiger partial charge in [-0.25, -0.2) is 0 Å². The first-order valence-corrected chi connectivity index (χ1v) is 12.7. The van der Waals surface area contributed by atoms with E-state index in [0.717, 1.165) is 0 Å². The van der Waals surface area contributed by atoms with Crippen molar-refractivity contribution in [3.8, 4) is 0 Å². The van der Waals surface area contributed by atoms with Crippen molar-refractivity contribution in [1.82, 2.24) is 0 Å². The maximum Gasteiger partial charge on any atom is -1.00 e. The van der Waals surface area contributed by atoms with Crippen LogP contribution in [0.25, 0.3) is 0 Å². The van der Waals surface area contributed by atoms with Crippen molar-refractivity contribution < 1.29 is 57.7 Å². The van der Waals surface area contributed by atoms with Crippen molar-refractivity contribution in [2.45, 2.75) is 53.1 Å². The third kappa shape index (κ3) is 4.25. The van der Waals surface area contributed by atoms with Gasteiger partial charge in [0, 0.05) is 0 Å². The zero-order valence-corrected chi connectivity index (χ0v) is 23.1. The Labute approximate surface area is 208 Å². The van der Waals surface area contributed by atoms with Gasteiger partial charge in [0.05, 0.1) is 0 Å². The number of halogens is 3. The predicted octanol–water partition coefficient (Wildman–Crippen LogP) is -3.56. The predicted molar refractivity (Wildman–Crippen MR) is 113 cm³/mol. The van der Waals surface area contributed by atoms with Crippen molar-refractivity contribution in [1.29, 1.82) is 0 Å². The van der Waals surface area contributed by atoms with Crippen LogP contribution in [0.3, 0.4) is 0 Å². The molecule has 0 heterocycles. The van der Waals surface area contributed by atoms with Gasteiger partial charge in [-0.1, -0.05) is 0 Å². The molecule has 0 spiro atoms. The molecular formula is C24H29Cl3SiTi. The minimum Gasteiger partial charge on any atom is -1.00 e. The number of allylic oxidation sites excluding steroid dienone is 4. The molecule has 0 fully saturated rings. The minimum absolute atomic E-state index is 0. The van der Waals surface area contributed by atoms with E-state index < -0.39 is 8.07 Å². The second kappa shape index (κ2) is 10.4. The van der Waals surface area contributed by atoms with Crippen LogP contribution >= 0.6 is 0 Å². The molecule has 0 bridgehead atoms. The van der Waals surface area contributed by atoms with Crippen molar-refractivity contribution in [3.63, 3.8) is 0 Å². The molecule has 1 aliphatic rings. The molecule has 1 aliphatic carbocycles. The van der Waals surface area contributed by atoms with E-state index in [1.54, 1.807) is 14.6 Å². The van der Waals surface area contributed by atoms with E-state index in [0.29, 0.717) is 0 Å². The van der Waals surface area contributed by atoms with E-state index in [-0.39, 0.29) is 42.3 Å². The topological polar surface area (TPSA) is 0 Å². The van der Waals surface area contributed by atoms with Crippen LogP contribution in [0.4, 0.5) is 0 Å². The molecule has 2 aromatic carbocycles. The fraction of sp³-hybridized carbons (Fsp3) is 0.333. The van der Waals surface area contributed by atoms with E-state index in [9.17, 15) is 0 Å². The molecule has 154 valence electrons. The standard InChI is InChI=1S/C24H29Si.3ClH.Ti/c1-17-13-14-18(2)23(15-17)25(7,22-11-9-8-10-12-22)24(6)16-19(3)20(4)21(24)5;;;;/h8-15H,1-7H3;3*1H;/q;;;;+3/p-3. The summed E-state index contributed by atoms with van der Waals surface area (Å²) in [4.78, 5) is 0. The molecule has 0 nitrogen and oxygen atoms in total. The average molecular weight is 500 g/mol. The molecular weight excluding hydrogens is 471 g/mol. The van der Waals surface area contributed by atoms with Crippen LogP contribution in [0.5, 0.6) is 0 Å². The zero-order chi connectivity index (χ0) is 19.3. The van der Waals surface area contributed by atoms with Crippen LogP contribution in [-0.4, -0.2) is 8.07 Å². The summed E-state index contributed by atoms with van der Waals surface area (Å²) in [6, 6.07) is 18.3. The van der Waals surface area contributed by atoms with E-state index in [2.05, 4.69) is 117 Å². The first-order chi connectivity index (χ1) is 12.2. The Morgan fingerprint density at radius 1 is 0.793 bits per heavy atom. The first-order valence-electron chi connectivity index (χ1n) is 9.40. The zero-order valence-electron chi connectivity index (χ0n) is 18.3. The Hall–Kier alpha value is -0.279. The van der Waals surface area contributed by atoms with Crippen molar-refractivity contribution in [2.75, 3.05) is 0 Å². The second-order valence-electron chi connectivity index (χ2n) is 8.18. The maximum absolute atomic E-state index is 2.59. The molecule has 2 atom stereocenters. The van der Waals surface area contributed by atoms with Gasteiger partial charge in [-0.3, -0.25) is 0 Å². The van der Waals surface area contributed by atoms with E-state index >= 15 is 0 Å². The summed E-state index contributed by atoms with van der Waals surface area (Å²) in [7, 11) is -2.09. The SMILES string of the molecule is CC1=C(C)C(C)([Si](C)(c2ccccc2)c2cc(C)ccc2C)[C]([Ti+3])=C1C.[Cl-].[Cl-].[Cl-]. The van der Waals surface area contributed by atoms with Crippen LogP contribution in [0.2, 0.25) is 11.6 Å². The summed E-state index contributed by atoms with van der Waals surface area (Å²) in [5.74, 6) is 0. The van der Waals surface area contributed by atoms with Gasteiger partial charge in [0.25, 0.3) is 0 Å². The summed E-state index contributed by atoms with van der Waals surface area (Å²) < 4.78 is 1.56. The quantitative estimate of drug-likeness (QED) is 0.384. The van der Waals surface area contributed by atoms with Crippen LogP contribution in [0, 0.1) is 13.8 Å². The summed E-state index contributed by atoms with van der Waals surface area (Å²) in [6.45, 7) is 16.6. The summed E-state index contributed by atoms with van der Waals surface area (Å²) in [5.41, 5.74) is 7.33. The Bertz CT molecular complexity index is 910. The number of benzene rings is 2. The first kappa shape index (κ1) is 28.7. The molecule has 0 aliphatic heterocycles. The third-order valence-corrected chi connectivity index (χ3v) is 14.5. The van der Waals surface area contributed by atoms with Crippen molar-refractivity contribution >= 4 is 18.4 Å². The van der Waals surface area contributed by atoms with Crippen molar-refractivity contribution in [3.05, 3.63) is 80.3 Å². The summed E-state index contributed by atoms with van der Waals surface area (Å²) in [6.07, 6.45) is 0. The fourth-order valence-corrected chi connectivity index (χ4v) is 11.8. The largest absolute Gasteiger partial charge is 1.00 e. The molecule has 2 aromatic rings. The molecule has 2 unspecified atom stereocenters. The van der Waals surface area contributed by atoms with Gasteiger partial charge >= 0.3 is 172 Å².